The summed E-state index contributed by atoms with van der Waals surface area (Å²) >= 11 is 6.33. The molecule has 0 amide bonds. The molecule has 0 N–H and O–H groups in total. The van der Waals surface area contributed by atoms with E-state index in [2.05, 4.69) is 89.8 Å². The summed E-state index contributed by atoms with van der Waals surface area (Å²) in [5.74, 6) is 1.67. The Morgan fingerprint density at radius 1 is 0.750 bits per heavy atom. The standard InChI is InChI=1S/C32H28ClNO2/c1-35-27-19-24-17-18-34-31(23-11-7-4-8-12-23)29(22-13-15-25(33)16-14-22)30(21-9-5-3-6-10-21)32(34)26(24)20-28(27)36-2/h3-16,19-20,29,31H,17-18H2,1-2H3/t29-,31+/m1/s1. The quantitative estimate of drug-likeness (QED) is 0.285. The molecule has 0 saturated carbocycles. The maximum absolute atomic E-state index is 6.33. The van der Waals surface area contributed by atoms with Gasteiger partial charge in [-0.15, -0.1) is 0 Å². The predicted molar refractivity (Wildman–Crippen MR) is 147 cm³/mol. The zero-order valence-electron chi connectivity index (χ0n) is 20.4. The Hall–Kier alpha value is -3.69. The van der Waals surface area contributed by atoms with Crippen LogP contribution in [0.25, 0.3) is 11.3 Å². The van der Waals surface area contributed by atoms with Gasteiger partial charge in [-0.3, -0.25) is 0 Å². The fraction of sp³-hybridized carbons (Fsp3) is 0.188. The SMILES string of the molecule is COc1cc2c(cc1OC)C1=C(c3ccccc3)[C@@H](c3ccc(Cl)cc3)[C@H](c3ccccc3)N1CC2. The first kappa shape index (κ1) is 22.8. The fourth-order valence-corrected chi connectivity index (χ4v) is 6.02. The van der Waals surface area contributed by atoms with Gasteiger partial charge in [0.2, 0.25) is 0 Å². The molecule has 3 nitrogen and oxygen atoms in total. The molecule has 4 aromatic carbocycles. The van der Waals surface area contributed by atoms with Crippen molar-refractivity contribution in [3.63, 3.8) is 0 Å². The molecule has 0 spiro atoms. The van der Waals surface area contributed by atoms with E-state index in [-0.39, 0.29) is 12.0 Å². The third-order valence-corrected chi connectivity index (χ3v) is 7.70. The molecule has 6 rings (SSSR count). The van der Waals surface area contributed by atoms with E-state index in [0.29, 0.717) is 0 Å². The molecule has 2 aliphatic heterocycles. The highest BCUT2D eigenvalue weighted by molar-refractivity contribution is 6.30. The molecule has 2 heterocycles. The molecule has 36 heavy (non-hydrogen) atoms. The van der Waals surface area contributed by atoms with Crippen molar-refractivity contribution in [2.24, 2.45) is 0 Å². The predicted octanol–water partition coefficient (Wildman–Crippen LogP) is 7.62. The third-order valence-electron chi connectivity index (χ3n) is 7.45. The number of hydrogen-bond acceptors (Lipinski definition) is 3. The first-order valence-electron chi connectivity index (χ1n) is 12.3. The summed E-state index contributed by atoms with van der Waals surface area (Å²) in [6, 6.07) is 34.5. The van der Waals surface area contributed by atoms with Crippen molar-refractivity contribution in [3.8, 4) is 11.5 Å². The van der Waals surface area contributed by atoms with E-state index in [4.69, 9.17) is 21.1 Å². The van der Waals surface area contributed by atoms with Crippen molar-refractivity contribution in [2.75, 3.05) is 20.8 Å². The van der Waals surface area contributed by atoms with Gasteiger partial charge >= 0.3 is 0 Å². The molecule has 0 unspecified atom stereocenters. The van der Waals surface area contributed by atoms with Crippen LogP contribution in [-0.2, 0) is 6.42 Å². The highest BCUT2D eigenvalue weighted by atomic mass is 35.5. The van der Waals surface area contributed by atoms with Crippen LogP contribution >= 0.6 is 11.6 Å². The minimum absolute atomic E-state index is 0.140. The number of benzene rings is 4. The summed E-state index contributed by atoms with van der Waals surface area (Å²) in [4.78, 5) is 2.60. The lowest BCUT2D eigenvalue weighted by molar-refractivity contribution is 0.297. The second kappa shape index (κ2) is 9.40. The van der Waals surface area contributed by atoms with Gasteiger partial charge in [0, 0.05) is 28.7 Å². The Kier molecular flexibility index (Phi) is 5.94. The number of fused-ring (bicyclic) bond motifs is 3. The lowest BCUT2D eigenvalue weighted by Gasteiger charge is -2.37. The van der Waals surface area contributed by atoms with Crippen molar-refractivity contribution in [3.05, 3.63) is 130 Å². The van der Waals surface area contributed by atoms with E-state index in [0.717, 1.165) is 29.5 Å². The first-order valence-corrected chi connectivity index (χ1v) is 12.7. The average molecular weight is 494 g/mol. The Bertz CT molecular complexity index is 1410. The molecule has 0 aromatic heterocycles. The number of hydrogen-bond donors (Lipinski definition) is 0. The zero-order chi connectivity index (χ0) is 24.6. The number of ether oxygens (including phenoxy) is 2. The van der Waals surface area contributed by atoms with Crippen LogP contribution < -0.4 is 9.47 Å². The molecule has 180 valence electrons. The number of methoxy groups -OCH3 is 2. The molecule has 0 aliphatic carbocycles. The van der Waals surface area contributed by atoms with Gasteiger partial charge in [-0.2, -0.15) is 0 Å². The number of nitrogens with zero attached hydrogens (tertiary/aromatic N) is 1. The molecule has 0 fully saturated rings. The van der Waals surface area contributed by atoms with E-state index in [1.165, 1.54) is 39.1 Å². The van der Waals surface area contributed by atoms with Crippen molar-refractivity contribution in [2.45, 2.75) is 18.4 Å². The molecule has 2 atom stereocenters. The largest absolute Gasteiger partial charge is 0.493 e. The maximum Gasteiger partial charge on any atom is 0.161 e. The molecule has 4 heteroatoms. The molecule has 0 saturated heterocycles. The van der Waals surface area contributed by atoms with Crippen LogP contribution in [0.4, 0.5) is 0 Å². The van der Waals surface area contributed by atoms with E-state index in [1.807, 2.05) is 12.1 Å². The van der Waals surface area contributed by atoms with E-state index in [9.17, 15) is 0 Å². The highest BCUT2D eigenvalue weighted by Crippen LogP contribution is 2.58. The molecule has 2 aliphatic rings. The smallest absolute Gasteiger partial charge is 0.161 e. The Morgan fingerprint density at radius 3 is 2.06 bits per heavy atom. The minimum Gasteiger partial charge on any atom is -0.493 e. The minimum atomic E-state index is 0.140. The summed E-state index contributed by atoms with van der Waals surface area (Å²) in [7, 11) is 3.40. The fourth-order valence-electron chi connectivity index (χ4n) is 5.89. The monoisotopic (exact) mass is 493 g/mol. The summed E-state index contributed by atoms with van der Waals surface area (Å²) in [6.45, 7) is 0.928. The molecular formula is C32H28ClNO2. The molecule has 4 aromatic rings. The van der Waals surface area contributed by atoms with Crippen molar-refractivity contribution < 1.29 is 9.47 Å². The van der Waals surface area contributed by atoms with Crippen LogP contribution in [0.15, 0.2) is 97.1 Å². The van der Waals surface area contributed by atoms with Gasteiger partial charge in [0.05, 0.1) is 20.3 Å². The zero-order valence-corrected chi connectivity index (χ0v) is 21.2. The van der Waals surface area contributed by atoms with Gasteiger partial charge < -0.3 is 14.4 Å². The second-order valence-electron chi connectivity index (χ2n) is 9.32. The highest BCUT2D eigenvalue weighted by Gasteiger charge is 2.45. The van der Waals surface area contributed by atoms with Crippen LogP contribution in [0, 0.1) is 0 Å². The van der Waals surface area contributed by atoms with Crippen molar-refractivity contribution >= 4 is 22.9 Å². The Labute approximate surface area is 217 Å². The van der Waals surface area contributed by atoms with Crippen LogP contribution in [0.3, 0.4) is 0 Å². The van der Waals surface area contributed by atoms with Gasteiger partial charge in [0.25, 0.3) is 0 Å². The number of rotatable bonds is 5. The summed E-state index contributed by atoms with van der Waals surface area (Å²) < 4.78 is 11.4. The van der Waals surface area contributed by atoms with Gasteiger partial charge in [0.15, 0.2) is 11.5 Å². The normalized spacial score (nSPS) is 18.6. The van der Waals surface area contributed by atoms with Crippen LogP contribution in [0.1, 0.15) is 39.8 Å². The van der Waals surface area contributed by atoms with Gasteiger partial charge in [-0.1, -0.05) is 84.4 Å². The first-order chi connectivity index (χ1) is 17.7. The third kappa shape index (κ3) is 3.75. The average Bonchev–Trinajstić information content (AvgIpc) is 3.29. The van der Waals surface area contributed by atoms with Gasteiger partial charge in [-0.05, 0) is 58.5 Å². The topological polar surface area (TPSA) is 21.7 Å². The van der Waals surface area contributed by atoms with Crippen LogP contribution in [0.5, 0.6) is 11.5 Å². The van der Waals surface area contributed by atoms with E-state index < -0.39 is 0 Å². The molecular weight excluding hydrogens is 466 g/mol. The number of halogens is 1. The second-order valence-corrected chi connectivity index (χ2v) is 9.76. The molecule has 0 radical (unpaired) electrons. The Balaban J connectivity index is 1.66. The van der Waals surface area contributed by atoms with Gasteiger partial charge in [0.1, 0.15) is 0 Å². The van der Waals surface area contributed by atoms with Crippen LogP contribution in [-0.4, -0.2) is 25.7 Å². The molecule has 0 bridgehead atoms. The lowest BCUT2D eigenvalue weighted by Crippen LogP contribution is -2.31. The lowest BCUT2D eigenvalue weighted by atomic mass is 9.80. The van der Waals surface area contributed by atoms with Crippen molar-refractivity contribution in [1.29, 1.82) is 0 Å². The van der Waals surface area contributed by atoms with Gasteiger partial charge in [-0.25, -0.2) is 0 Å². The van der Waals surface area contributed by atoms with E-state index in [1.54, 1.807) is 14.2 Å². The maximum atomic E-state index is 6.33. The Morgan fingerprint density at radius 2 is 1.39 bits per heavy atom. The van der Waals surface area contributed by atoms with Crippen LogP contribution in [0.2, 0.25) is 5.02 Å². The van der Waals surface area contributed by atoms with Crippen molar-refractivity contribution in [1.82, 2.24) is 4.90 Å². The summed E-state index contributed by atoms with van der Waals surface area (Å²) in [5.41, 5.74) is 8.92. The van der Waals surface area contributed by atoms with E-state index >= 15 is 0 Å². The summed E-state index contributed by atoms with van der Waals surface area (Å²) in [6.07, 6.45) is 0.942. The summed E-state index contributed by atoms with van der Waals surface area (Å²) in [5, 5.41) is 0.752.